The number of hydrogen-bond acceptors (Lipinski definition) is 10. The van der Waals surface area contributed by atoms with Crippen LogP contribution in [0, 0.1) is 11.8 Å². The maximum Gasteiger partial charge on any atom is 0.307 e. The van der Waals surface area contributed by atoms with Crippen molar-refractivity contribution >= 4 is 23.9 Å². The van der Waals surface area contributed by atoms with Gasteiger partial charge in [-0.25, -0.2) is 0 Å². The molecule has 0 fully saturated rings. The number of rotatable bonds is 33. The number of hydrogen-bond donors (Lipinski definition) is 2. The lowest BCUT2D eigenvalue weighted by atomic mass is 10.0. The Kier molecular flexibility index (Phi) is 29.9. The summed E-state index contributed by atoms with van der Waals surface area (Å²) in [7, 11) is 1.93. The Hall–Kier alpha value is -2.80. The molecule has 47 heavy (non-hydrogen) atoms. The lowest BCUT2D eigenvalue weighted by Gasteiger charge is -2.16. The molecule has 12 nitrogen and oxygen atoms in total. The van der Waals surface area contributed by atoms with Gasteiger partial charge in [0, 0.05) is 13.1 Å². The molecule has 0 aliphatic rings. The zero-order valence-electron chi connectivity index (χ0n) is 29.0. The van der Waals surface area contributed by atoms with E-state index in [2.05, 4.69) is 13.8 Å². The summed E-state index contributed by atoms with van der Waals surface area (Å²) in [5.41, 5.74) is 0. The molecule has 0 aliphatic carbocycles. The van der Waals surface area contributed by atoms with Gasteiger partial charge >= 0.3 is 23.9 Å². The van der Waals surface area contributed by atoms with Crippen molar-refractivity contribution in [2.45, 2.75) is 90.9 Å². The molecule has 2 unspecified atom stereocenters. The molecule has 0 heterocycles. The molecular formula is C35H61NO11. The summed E-state index contributed by atoms with van der Waals surface area (Å²) < 4.78 is 26.7. The van der Waals surface area contributed by atoms with Crippen LogP contribution in [0.5, 0.6) is 0 Å². The Bertz CT molecular complexity index is 878. The largest absolute Gasteiger partial charge is 0.481 e. The van der Waals surface area contributed by atoms with E-state index < -0.39 is 35.7 Å². The van der Waals surface area contributed by atoms with Gasteiger partial charge in [0.05, 0.1) is 64.3 Å². The second kappa shape index (κ2) is 31.8. The van der Waals surface area contributed by atoms with E-state index in [0.29, 0.717) is 52.4 Å². The fraction of sp³-hybridized carbons (Fsp3) is 0.771. The fourth-order valence-corrected chi connectivity index (χ4v) is 4.25. The molecule has 272 valence electrons. The number of aliphatic carboxylic acids is 2. The van der Waals surface area contributed by atoms with Gasteiger partial charge < -0.3 is 38.8 Å². The number of ether oxygens (including phenoxy) is 5. The third-order valence-corrected chi connectivity index (χ3v) is 7.24. The second-order valence-electron chi connectivity index (χ2n) is 11.5. The maximum absolute atomic E-state index is 12.0. The summed E-state index contributed by atoms with van der Waals surface area (Å²) in [6, 6.07) is 0. The van der Waals surface area contributed by atoms with E-state index in [1.165, 1.54) is 0 Å². The molecule has 0 saturated carbocycles. The van der Waals surface area contributed by atoms with E-state index in [9.17, 15) is 29.4 Å². The highest BCUT2D eigenvalue weighted by atomic mass is 16.6. The number of likely N-dealkylation sites (N-methyl/N-ethyl adjacent to an activating group) is 1. The molecule has 12 heteroatoms. The summed E-state index contributed by atoms with van der Waals surface area (Å²) in [5, 5.41) is 18.7. The van der Waals surface area contributed by atoms with Crippen LogP contribution in [0.25, 0.3) is 0 Å². The molecule has 0 aromatic heterocycles. The molecule has 0 spiro atoms. The van der Waals surface area contributed by atoms with Crippen molar-refractivity contribution in [2.75, 3.05) is 73.0 Å². The van der Waals surface area contributed by atoms with E-state index in [1.54, 1.807) is 0 Å². The van der Waals surface area contributed by atoms with Gasteiger partial charge in [-0.2, -0.15) is 0 Å². The molecule has 0 aromatic rings. The van der Waals surface area contributed by atoms with Crippen molar-refractivity contribution in [1.82, 2.24) is 4.90 Å². The van der Waals surface area contributed by atoms with E-state index in [4.69, 9.17) is 23.7 Å². The highest BCUT2D eigenvalue weighted by Gasteiger charge is 2.21. The number of esters is 2. The first kappa shape index (κ1) is 44.2. The SMILES string of the molecule is CCCCC/C=C/CC(CC(=O)OCCOCCOCCN(C)CCOCCOC(=O)CC(C/C=C/CCCCC)C(=O)O)C(=O)O. The summed E-state index contributed by atoms with van der Waals surface area (Å²) in [4.78, 5) is 48.9. The Morgan fingerprint density at radius 1 is 0.574 bits per heavy atom. The van der Waals surface area contributed by atoms with Gasteiger partial charge in [-0.15, -0.1) is 0 Å². The van der Waals surface area contributed by atoms with E-state index >= 15 is 0 Å². The highest BCUT2D eigenvalue weighted by Crippen LogP contribution is 2.13. The zero-order chi connectivity index (χ0) is 35.0. The average molecular weight is 672 g/mol. The molecule has 2 atom stereocenters. The Labute approximate surface area is 281 Å². The average Bonchev–Trinajstić information content (AvgIpc) is 3.03. The second-order valence-corrected chi connectivity index (χ2v) is 11.5. The first-order valence-electron chi connectivity index (χ1n) is 17.2. The van der Waals surface area contributed by atoms with Crippen molar-refractivity contribution in [2.24, 2.45) is 11.8 Å². The van der Waals surface area contributed by atoms with E-state index in [1.807, 2.05) is 36.3 Å². The molecule has 2 N–H and O–H groups in total. The normalized spacial score (nSPS) is 12.9. The summed E-state index contributed by atoms with van der Waals surface area (Å²) >= 11 is 0. The lowest BCUT2D eigenvalue weighted by Crippen LogP contribution is -2.28. The minimum absolute atomic E-state index is 0.0552. The number of allylic oxidation sites excluding steroid dienone is 4. The topological polar surface area (TPSA) is 158 Å². The fourth-order valence-electron chi connectivity index (χ4n) is 4.25. The Morgan fingerprint density at radius 3 is 1.34 bits per heavy atom. The monoisotopic (exact) mass is 671 g/mol. The number of carboxylic acids is 2. The van der Waals surface area contributed by atoms with Gasteiger partial charge in [0.15, 0.2) is 0 Å². The number of carboxylic acid groups (broad SMARTS) is 2. The number of unbranched alkanes of at least 4 members (excludes halogenated alkanes) is 6. The smallest absolute Gasteiger partial charge is 0.307 e. The van der Waals surface area contributed by atoms with Gasteiger partial charge in [0.25, 0.3) is 0 Å². The third-order valence-electron chi connectivity index (χ3n) is 7.24. The molecule has 0 aromatic carbocycles. The van der Waals surface area contributed by atoms with Crippen molar-refractivity contribution in [3.05, 3.63) is 24.3 Å². The summed E-state index contributed by atoms with van der Waals surface area (Å²) in [6.45, 7) is 7.81. The van der Waals surface area contributed by atoms with Crippen LogP contribution in [0.2, 0.25) is 0 Å². The molecule has 0 radical (unpaired) electrons. The predicted octanol–water partition coefficient (Wildman–Crippen LogP) is 5.29. The van der Waals surface area contributed by atoms with Gasteiger partial charge in [0.1, 0.15) is 13.2 Å². The number of carbonyl (C=O) groups excluding carboxylic acids is 2. The van der Waals surface area contributed by atoms with Crippen LogP contribution < -0.4 is 0 Å². The molecule has 0 saturated heterocycles. The van der Waals surface area contributed by atoms with Gasteiger partial charge in [-0.1, -0.05) is 63.8 Å². The first-order chi connectivity index (χ1) is 22.7. The highest BCUT2D eigenvalue weighted by molar-refractivity contribution is 5.79. The lowest BCUT2D eigenvalue weighted by molar-refractivity contribution is -0.152. The molecule has 0 aliphatic heterocycles. The minimum Gasteiger partial charge on any atom is -0.481 e. The van der Waals surface area contributed by atoms with Crippen LogP contribution in [0.3, 0.4) is 0 Å². The molecular weight excluding hydrogens is 610 g/mol. The molecule has 0 rings (SSSR count). The van der Waals surface area contributed by atoms with Gasteiger partial charge in [-0.3, -0.25) is 19.2 Å². The van der Waals surface area contributed by atoms with Crippen LogP contribution in [-0.2, 0) is 42.9 Å². The third kappa shape index (κ3) is 29.1. The predicted molar refractivity (Wildman–Crippen MR) is 179 cm³/mol. The van der Waals surface area contributed by atoms with Crippen LogP contribution >= 0.6 is 0 Å². The van der Waals surface area contributed by atoms with Gasteiger partial charge in [-0.05, 0) is 45.6 Å². The van der Waals surface area contributed by atoms with Crippen LogP contribution in [0.15, 0.2) is 24.3 Å². The van der Waals surface area contributed by atoms with Crippen LogP contribution in [-0.4, -0.2) is 112 Å². The summed E-state index contributed by atoms with van der Waals surface area (Å²) in [6.07, 6.45) is 16.4. The molecule has 0 bridgehead atoms. The Balaban J connectivity index is 3.77. The minimum atomic E-state index is -1.01. The van der Waals surface area contributed by atoms with Crippen molar-refractivity contribution in [3.63, 3.8) is 0 Å². The van der Waals surface area contributed by atoms with Crippen LogP contribution in [0.1, 0.15) is 90.9 Å². The quantitative estimate of drug-likeness (QED) is 0.0529. The van der Waals surface area contributed by atoms with E-state index in [-0.39, 0.29) is 39.3 Å². The maximum atomic E-state index is 12.0. The van der Waals surface area contributed by atoms with Crippen LogP contribution in [0.4, 0.5) is 0 Å². The summed E-state index contributed by atoms with van der Waals surface area (Å²) in [5.74, 6) is -4.69. The van der Waals surface area contributed by atoms with E-state index in [0.717, 1.165) is 51.4 Å². The Morgan fingerprint density at radius 2 is 0.957 bits per heavy atom. The molecule has 0 amide bonds. The van der Waals surface area contributed by atoms with Gasteiger partial charge in [0.2, 0.25) is 0 Å². The number of nitrogens with zero attached hydrogens (tertiary/aromatic N) is 1. The standard InChI is InChI=1S/C35H61NO11/c1-4-6-8-10-12-14-16-30(34(39)40)28-32(37)46-26-24-44-21-19-36(3)18-20-43-22-23-45-25-27-47-33(38)29-31(35(41)42)17-15-13-11-9-7-5-2/h12-15,30-31H,4-11,16-29H2,1-3H3,(H,39,40)(H,41,42)/b14-12+,15-13+. The van der Waals surface area contributed by atoms with Crippen molar-refractivity contribution < 1.29 is 53.1 Å². The zero-order valence-corrected chi connectivity index (χ0v) is 29.0. The van der Waals surface area contributed by atoms with Crippen molar-refractivity contribution in [1.29, 1.82) is 0 Å². The first-order valence-corrected chi connectivity index (χ1v) is 17.2. The number of carbonyl (C=O) groups is 4. The van der Waals surface area contributed by atoms with Crippen molar-refractivity contribution in [3.8, 4) is 0 Å².